The predicted molar refractivity (Wildman–Crippen MR) is 99.7 cm³/mol. The van der Waals surface area contributed by atoms with Crippen LogP contribution in [0.25, 0.3) is 0 Å². The molecular weight excluding hydrogens is 308 g/mol. The van der Waals surface area contributed by atoms with Gasteiger partial charge in [-0.3, -0.25) is 4.79 Å². The predicted octanol–water partition coefficient (Wildman–Crippen LogP) is 4.52. The van der Waals surface area contributed by atoms with Crippen LogP contribution in [0.1, 0.15) is 72.1 Å². The van der Waals surface area contributed by atoms with Crippen LogP contribution < -0.4 is 0 Å². The second-order valence-electron chi connectivity index (χ2n) is 9.88. The molecule has 0 amide bonds. The van der Waals surface area contributed by atoms with Gasteiger partial charge in [-0.25, -0.2) is 0 Å². The average molecular weight is 341 g/mol. The Labute approximate surface area is 152 Å². The Balaban J connectivity index is 1.78. The maximum Gasteiger partial charge on any atom is 0.155 e. The zero-order chi connectivity index (χ0) is 18.0. The van der Waals surface area contributed by atoms with Gasteiger partial charge in [-0.1, -0.05) is 32.3 Å². The third-order valence-corrected chi connectivity index (χ3v) is 8.60. The minimum absolute atomic E-state index is 0.127. The molecular formula is C23H32O2. The van der Waals surface area contributed by atoms with Gasteiger partial charge in [-0.05, 0) is 80.1 Å². The lowest BCUT2D eigenvalue weighted by molar-refractivity contribution is -0.151. The number of aliphatic hydroxyl groups is 1. The fourth-order valence-corrected chi connectivity index (χ4v) is 7.85. The summed E-state index contributed by atoms with van der Waals surface area (Å²) >= 11 is 0. The van der Waals surface area contributed by atoms with E-state index in [1.807, 2.05) is 6.08 Å². The van der Waals surface area contributed by atoms with Gasteiger partial charge >= 0.3 is 0 Å². The van der Waals surface area contributed by atoms with Gasteiger partial charge in [0.15, 0.2) is 5.78 Å². The highest BCUT2D eigenvalue weighted by Crippen LogP contribution is 2.70. The van der Waals surface area contributed by atoms with Crippen molar-refractivity contribution >= 4 is 5.78 Å². The zero-order valence-corrected chi connectivity index (χ0v) is 16.0. The van der Waals surface area contributed by atoms with Crippen LogP contribution in [0.15, 0.2) is 11.6 Å². The van der Waals surface area contributed by atoms with Crippen LogP contribution in [0.4, 0.5) is 0 Å². The lowest BCUT2D eigenvalue weighted by Gasteiger charge is -2.62. The van der Waals surface area contributed by atoms with Gasteiger partial charge in [-0.15, -0.1) is 6.42 Å². The quantitative estimate of drug-likeness (QED) is 0.713. The van der Waals surface area contributed by atoms with Crippen LogP contribution in [-0.4, -0.2) is 16.5 Å². The molecule has 0 radical (unpaired) electrons. The van der Waals surface area contributed by atoms with E-state index in [0.717, 1.165) is 44.9 Å². The van der Waals surface area contributed by atoms with Crippen molar-refractivity contribution in [2.45, 2.75) is 77.7 Å². The van der Waals surface area contributed by atoms with Gasteiger partial charge < -0.3 is 5.11 Å². The second kappa shape index (κ2) is 5.46. The van der Waals surface area contributed by atoms with Crippen molar-refractivity contribution in [1.29, 1.82) is 0 Å². The number of hydrogen-bond donors (Lipinski definition) is 1. The molecule has 0 unspecified atom stereocenters. The summed E-state index contributed by atoms with van der Waals surface area (Å²) in [6.07, 6.45) is 15.6. The standard InChI is InChI=1S/C23H32O2/c1-5-22-14-21(3,4)20-17-10-8-16(24)13-15(17)7-9-18(20)19(22)11-12-23(22,25)6-2/h2,13,17-20,25H,5,7-12,14H2,1,3-4H3/t17-,18-,19-,20+,22-,23-/m0/s1. The molecule has 0 spiro atoms. The highest BCUT2D eigenvalue weighted by atomic mass is 16.3. The molecule has 1 N–H and O–H groups in total. The maximum absolute atomic E-state index is 11.9. The highest BCUT2D eigenvalue weighted by Gasteiger charge is 2.67. The summed E-state index contributed by atoms with van der Waals surface area (Å²) in [7, 11) is 0. The second-order valence-corrected chi connectivity index (χ2v) is 9.88. The molecule has 0 aromatic carbocycles. The molecule has 2 nitrogen and oxygen atoms in total. The Morgan fingerprint density at radius 1 is 1.28 bits per heavy atom. The maximum atomic E-state index is 11.9. The van der Waals surface area contributed by atoms with Gasteiger partial charge in [-0.2, -0.15) is 0 Å². The van der Waals surface area contributed by atoms with Crippen LogP contribution >= 0.6 is 0 Å². The lowest BCUT2D eigenvalue weighted by atomic mass is 9.42. The molecule has 0 saturated heterocycles. The summed E-state index contributed by atoms with van der Waals surface area (Å²) in [6.45, 7) is 7.02. The molecule has 0 bridgehead atoms. The summed E-state index contributed by atoms with van der Waals surface area (Å²) in [5.41, 5.74) is 0.502. The average Bonchev–Trinajstić information content (AvgIpc) is 2.87. The fourth-order valence-electron chi connectivity index (χ4n) is 7.85. The van der Waals surface area contributed by atoms with Crippen molar-refractivity contribution < 1.29 is 9.90 Å². The molecule has 3 saturated carbocycles. The summed E-state index contributed by atoms with van der Waals surface area (Å²) in [5.74, 6) is 5.53. The first-order valence-corrected chi connectivity index (χ1v) is 10.2. The van der Waals surface area contributed by atoms with E-state index >= 15 is 0 Å². The monoisotopic (exact) mass is 340 g/mol. The molecule has 0 aromatic rings. The number of ketones is 1. The molecule has 136 valence electrons. The molecule has 0 aliphatic heterocycles. The van der Waals surface area contributed by atoms with Gasteiger partial charge in [0.1, 0.15) is 5.60 Å². The first-order chi connectivity index (χ1) is 11.8. The molecule has 25 heavy (non-hydrogen) atoms. The van der Waals surface area contributed by atoms with Crippen LogP contribution in [0.2, 0.25) is 0 Å². The first kappa shape index (κ1) is 17.3. The molecule has 4 aliphatic rings. The summed E-state index contributed by atoms with van der Waals surface area (Å²) in [6, 6.07) is 0. The number of allylic oxidation sites excluding steroid dienone is 1. The van der Waals surface area contributed by atoms with Gasteiger partial charge in [0, 0.05) is 11.8 Å². The van der Waals surface area contributed by atoms with E-state index in [9.17, 15) is 9.90 Å². The Morgan fingerprint density at radius 3 is 2.72 bits per heavy atom. The molecule has 0 heterocycles. The zero-order valence-electron chi connectivity index (χ0n) is 16.0. The fraction of sp³-hybridized carbons (Fsp3) is 0.783. The Bertz CT molecular complexity index is 666. The van der Waals surface area contributed by atoms with Crippen molar-refractivity contribution in [3.8, 4) is 12.3 Å². The number of terminal acetylenes is 1. The summed E-state index contributed by atoms with van der Waals surface area (Å²) in [5, 5.41) is 11.3. The van der Waals surface area contributed by atoms with E-state index in [1.54, 1.807) is 0 Å². The minimum Gasteiger partial charge on any atom is -0.377 e. The van der Waals surface area contributed by atoms with Crippen molar-refractivity contribution in [2.75, 3.05) is 0 Å². The third-order valence-electron chi connectivity index (χ3n) is 8.60. The number of carbonyl (C=O) groups excluding carboxylic acids is 1. The van der Waals surface area contributed by atoms with Crippen LogP contribution in [0.3, 0.4) is 0 Å². The van der Waals surface area contributed by atoms with Crippen LogP contribution in [0, 0.1) is 46.8 Å². The van der Waals surface area contributed by atoms with Crippen LogP contribution in [0.5, 0.6) is 0 Å². The van der Waals surface area contributed by atoms with Crippen molar-refractivity contribution in [3.63, 3.8) is 0 Å². The number of carbonyl (C=O) groups is 1. The lowest BCUT2D eigenvalue weighted by Crippen LogP contribution is -2.59. The van der Waals surface area contributed by atoms with Crippen molar-refractivity contribution in [2.24, 2.45) is 34.5 Å². The van der Waals surface area contributed by atoms with E-state index in [-0.39, 0.29) is 10.8 Å². The SMILES string of the molecule is C#C[C@]1(O)CC[C@H]2[C@@H]3CCC4=CC(=O)CC[C@@H]4[C@H]3C(C)(C)C[C@@]21CC. The number of hydrogen-bond acceptors (Lipinski definition) is 2. The molecule has 6 atom stereocenters. The first-order valence-electron chi connectivity index (χ1n) is 10.2. The molecule has 0 aromatic heterocycles. The minimum atomic E-state index is -0.937. The van der Waals surface area contributed by atoms with Gasteiger partial charge in [0.25, 0.3) is 0 Å². The van der Waals surface area contributed by atoms with E-state index < -0.39 is 5.60 Å². The van der Waals surface area contributed by atoms with E-state index in [0.29, 0.717) is 35.9 Å². The van der Waals surface area contributed by atoms with E-state index in [2.05, 4.69) is 26.7 Å². The van der Waals surface area contributed by atoms with Crippen LogP contribution in [-0.2, 0) is 4.79 Å². The normalized spacial score (nSPS) is 48.0. The number of fused-ring (bicyclic) bond motifs is 5. The van der Waals surface area contributed by atoms with Crippen molar-refractivity contribution in [3.05, 3.63) is 11.6 Å². The van der Waals surface area contributed by atoms with E-state index in [4.69, 9.17) is 6.42 Å². The van der Waals surface area contributed by atoms with Gasteiger partial charge in [0.05, 0.1) is 0 Å². The largest absolute Gasteiger partial charge is 0.377 e. The third kappa shape index (κ3) is 2.18. The summed E-state index contributed by atoms with van der Waals surface area (Å²) < 4.78 is 0. The Kier molecular flexibility index (Phi) is 3.79. The molecule has 4 aliphatic carbocycles. The smallest absolute Gasteiger partial charge is 0.155 e. The summed E-state index contributed by atoms with van der Waals surface area (Å²) in [4.78, 5) is 11.9. The van der Waals surface area contributed by atoms with Crippen molar-refractivity contribution in [1.82, 2.24) is 0 Å². The molecule has 4 rings (SSSR count). The van der Waals surface area contributed by atoms with E-state index in [1.165, 1.54) is 5.57 Å². The highest BCUT2D eigenvalue weighted by molar-refractivity contribution is 5.91. The number of rotatable bonds is 1. The Hall–Kier alpha value is -1.07. The topological polar surface area (TPSA) is 37.3 Å². The molecule has 3 fully saturated rings. The van der Waals surface area contributed by atoms with Gasteiger partial charge in [0.2, 0.25) is 0 Å². The Morgan fingerprint density at radius 2 is 2.04 bits per heavy atom. The molecule has 2 heteroatoms.